The lowest BCUT2D eigenvalue weighted by Crippen LogP contribution is -2.54. The number of anilines is 1. The summed E-state index contributed by atoms with van der Waals surface area (Å²) in [6.45, 7) is 1.35. The maximum absolute atomic E-state index is 13.3. The lowest BCUT2D eigenvalue weighted by molar-refractivity contribution is -0.137. The first kappa shape index (κ1) is 18.2. The van der Waals surface area contributed by atoms with Crippen molar-refractivity contribution in [3.8, 4) is 5.75 Å². The topological polar surface area (TPSA) is 81.7 Å². The van der Waals surface area contributed by atoms with Crippen LogP contribution in [0.15, 0.2) is 48.5 Å². The Kier molecular flexibility index (Phi) is 4.32. The van der Waals surface area contributed by atoms with E-state index in [1.807, 2.05) is 36.4 Å². The molecule has 0 aromatic heterocycles. The Morgan fingerprint density at radius 2 is 2.00 bits per heavy atom. The Balaban J connectivity index is 1.39. The molecule has 6 heteroatoms. The van der Waals surface area contributed by atoms with Gasteiger partial charge in [-0.2, -0.15) is 0 Å². The Morgan fingerprint density at radius 1 is 1.21 bits per heavy atom. The van der Waals surface area contributed by atoms with Gasteiger partial charge >= 0.3 is 0 Å². The molecule has 150 valence electrons. The van der Waals surface area contributed by atoms with Crippen molar-refractivity contribution in [1.82, 2.24) is 10.2 Å². The zero-order chi connectivity index (χ0) is 20.0. The molecule has 0 bridgehead atoms. The average Bonchev–Trinajstić information content (AvgIpc) is 3.38. The second-order valence-electron chi connectivity index (χ2n) is 8.25. The van der Waals surface area contributed by atoms with Crippen LogP contribution < -0.4 is 10.6 Å². The van der Waals surface area contributed by atoms with Gasteiger partial charge in [0, 0.05) is 23.8 Å². The van der Waals surface area contributed by atoms with Crippen LogP contribution in [-0.4, -0.2) is 41.0 Å². The molecule has 0 radical (unpaired) electrons. The minimum atomic E-state index is -0.889. The van der Waals surface area contributed by atoms with Gasteiger partial charge < -0.3 is 15.7 Å². The van der Waals surface area contributed by atoms with E-state index < -0.39 is 11.5 Å². The van der Waals surface area contributed by atoms with Gasteiger partial charge in [0.25, 0.3) is 0 Å². The smallest absolute Gasteiger partial charge is 0.250 e. The predicted octanol–water partition coefficient (Wildman–Crippen LogP) is 2.38. The van der Waals surface area contributed by atoms with Gasteiger partial charge in [-0.05, 0) is 56.0 Å². The Bertz CT molecular complexity index is 958. The molecule has 3 aliphatic heterocycles. The van der Waals surface area contributed by atoms with Crippen LogP contribution in [0.1, 0.15) is 30.4 Å². The molecule has 2 fully saturated rings. The summed E-state index contributed by atoms with van der Waals surface area (Å²) < 4.78 is 0. The standard InChI is InChI=1S/C23H25N3O3/c27-17-9-7-15(8-10-17)11-12-24-21(28)19-14-16-4-3-13-26(16)23(19)18-5-1-2-6-20(18)25-22(23)29/h1-2,5-10,16,19,27H,3-4,11-14H2,(H,24,28)(H,25,29)/t16-,19-,23+/m1/s1. The predicted molar refractivity (Wildman–Crippen MR) is 109 cm³/mol. The number of carbonyl (C=O) groups excluding carboxylic acids is 2. The summed E-state index contributed by atoms with van der Waals surface area (Å²) in [5.74, 6) is -0.278. The Labute approximate surface area is 169 Å². The molecule has 2 saturated heterocycles. The van der Waals surface area contributed by atoms with Crippen molar-refractivity contribution in [2.75, 3.05) is 18.4 Å². The van der Waals surface area contributed by atoms with Crippen molar-refractivity contribution in [1.29, 1.82) is 0 Å². The number of aromatic hydroxyl groups is 1. The van der Waals surface area contributed by atoms with Gasteiger partial charge in [0.1, 0.15) is 11.3 Å². The number of phenolic OH excluding ortho intramolecular Hbond substituents is 1. The molecule has 0 unspecified atom stereocenters. The maximum Gasteiger partial charge on any atom is 0.250 e. The molecular weight excluding hydrogens is 366 g/mol. The Morgan fingerprint density at radius 3 is 2.83 bits per heavy atom. The quantitative estimate of drug-likeness (QED) is 0.748. The summed E-state index contributed by atoms with van der Waals surface area (Å²) in [6, 6.07) is 15.1. The third-order valence-corrected chi connectivity index (χ3v) is 6.74. The number of rotatable bonds is 4. The third-order valence-electron chi connectivity index (χ3n) is 6.74. The maximum atomic E-state index is 13.3. The summed E-state index contributed by atoms with van der Waals surface area (Å²) in [6.07, 6.45) is 3.50. The number of para-hydroxylation sites is 1. The van der Waals surface area contributed by atoms with Crippen molar-refractivity contribution >= 4 is 17.5 Å². The number of nitrogens with one attached hydrogen (secondary N) is 2. The molecule has 3 aliphatic rings. The summed E-state index contributed by atoms with van der Waals surface area (Å²) in [5, 5.41) is 15.5. The molecule has 0 saturated carbocycles. The number of hydrogen-bond acceptors (Lipinski definition) is 4. The lowest BCUT2D eigenvalue weighted by atomic mass is 9.78. The summed E-state index contributed by atoms with van der Waals surface area (Å²) >= 11 is 0. The highest BCUT2D eigenvalue weighted by Gasteiger charge is 2.65. The van der Waals surface area contributed by atoms with E-state index in [0.29, 0.717) is 19.4 Å². The zero-order valence-corrected chi connectivity index (χ0v) is 16.2. The molecule has 3 N–H and O–H groups in total. The average molecular weight is 391 g/mol. The van der Waals surface area contributed by atoms with Gasteiger partial charge in [-0.1, -0.05) is 30.3 Å². The fourth-order valence-corrected chi connectivity index (χ4v) is 5.50. The van der Waals surface area contributed by atoms with Crippen LogP contribution in [0.4, 0.5) is 5.69 Å². The van der Waals surface area contributed by atoms with Crippen LogP contribution in [0.3, 0.4) is 0 Å². The number of benzene rings is 2. The van der Waals surface area contributed by atoms with Crippen molar-refractivity contribution in [2.45, 2.75) is 37.3 Å². The minimum Gasteiger partial charge on any atom is -0.508 e. The second kappa shape index (κ2) is 6.88. The van der Waals surface area contributed by atoms with Gasteiger partial charge in [0.05, 0.1) is 5.92 Å². The van der Waals surface area contributed by atoms with E-state index in [4.69, 9.17) is 0 Å². The van der Waals surface area contributed by atoms with Gasteiger partial charge in [-0.3, -0.25) is 14.5 Å². The monoisotopic (exact) mass is 391 g/mol. The van der Waals surface area contributed by atoms with Crippen LogP contribution in [0.25, 0.3) is 0 Å². The van der Waals surface area contributed by atoms with E-state index in [2.05, 4.69) is 15.5 Å². The normalized spacial score (nSPS) is 27.7. The van der Waals surface area contributed by atoms with Crippen molar-refractivity contribution in [2.24, 2.45) is 5.92 Å². The molecule has 1 spiro atoms. The van der Waals surface area contributed by atoms with Crippen LogP contribution in [0.5, 0.6) is 5.75 Å². The Hall–Kier alpha value is -2.86. The van der Waals surface area contributed by atoms with Crippen molar-refractivity contribution in [3.05, 3.63) is 59.7 Å². The van der Waals surface area contributed by atoms with Gasteiger partial charge in [-0.15, -0.1) is 0 Å². The third kappa shape index (κ3) is 2.74. The zero-order valence-electron chi connectivity index (χ0n) is 16.2. The van der Waals surface area contributed by atoms with E-state index in [9.17, 15) is 14.7 Å². The summed E-state index contributed by atoms with van der Waals surface area (Å²) in [7, 11) is 0. The minimum absolute atomic E-state index is 0.0509. The van der Waals surface area contributed by atoms with Crippen molar-refractivity contribution < 1.29 is 14.7 Å². The molecule has 6 nitrogen and oxygen atoms in total. The van der Waals surface area contributed by atoms with Gasteiger partial charge in [0.2, 0.25) is 11.8 Å². The molecule has 5 rings (SSSR count). The number of nitrogens with zero attached hydrogens (tertiary/aromatic N) is 1. The highest BCUT2D eigenvalue weighted by atomic mass is 16.3. The highest BCUT2D eigenvalue weighted by Crippen LogP contribution is 2.55. The molecule has 29 heavy (non-hydrogen) atoms. The number of fused-ring (bicyclic) bond motifs is 4. The second-order valence-corrected chi connectivity index (χ2v) is 8.25. The molecule has 0 aliphatic carbocycles. The van der Waals surface area contributed by atoms with E-state index in [-0.39, 0.29) is 23.6 Å². The van der Waals surface area contributed by atoms with Gasteiger partial charge in [-0.25, -0.2) is 0 Å². The molecule has 3 atom stereocenters. The lowest BCUT2D eigenvalue weighted by Gasteiger charge is -2.36. The SMILES string of the molecule is O=C(NCCc1ccc(O)cc1)[C@H]1C[C@H]2CCCN2[C@]12C(=O)Nc1ccccc12. The fourth-order valence-electron chi connectivity index (χ4n) is 5.50. The molecular formula is C23H25N3O3. The first-order valence-corrected chi connectivity index (χ1v) is 10.3. The number of hydrogen-bond donors (Lipinski definition) is 3. The van der Waals surface area contributed by atoms with Gasteiger partial charge in [0.15, 0.2) is 0 Å². The number of phenols is 1. The van der Waals surface area contributed by atoms with E-state index in [1.165, 1.54) is 0 Å². The first-order chi connectivity index (χ1) is 14.1. The number of amides is 2. The number of carbonyl (C=O) groups is 2. The molecule has 2 aromatic carbocycles. The van der Waals surface area contributed by atoms with E-state index in [1.54, 1.807) is 12.1 Å². The van der Waals surface area contributed by atoms with E-state index in [0.717, 1.165) is 36.2 Å². The highest BCUT2D eigenvalue weighted by molar-refractivity contribution is 6.09. The summed E-state index contributed by atoms with van der Waals surface area (Å²) in [5.41, 5.74) is 1.93. The van der Waals surface area contributed by atoms with Crippen LogP contribution >= 0.6 is 0 Å². The van der Waals surface area contributed by atoms with Crippen LogP contribution in [0, 0.1) is 5.92 Å². The fraction of sp³-hybridized carbons (Fsp3) is 0.391. The summed E-state index contributed by atoms with van der Waals surface area (Å²) in [4.78, 5) is 28.8. The van der Waals surface area contributed by atoms with Crippen molar-refractivity contribution in [3.63, 3.8) is 0 Å². The molecule has 2 amide bonds. The van der Waals surface area contributed by atoms with Crippen LogP contribution in [0.2, 0.25) is 0 Å². The van der Waals surface area contributed by atoms with E-state index >= 15 is 0 Å². The largest absolute Gasteiger partial charge is 0.508 e. The van der Waals surface area contributed by atoms with Crippen LogP contribution in [-0.2, 0) is 21.5 Å². The molecule has 2 aromatic rings. The first-order valence-electron chi connectivity index (χ1n) is 10.3. The molecule has 3 heterocycles.